The van der Waals surface area contributed by atoms with E-state index in [-0.39, 0.29) is 0 Å². The molecule has 9 rings (SSSR count). The minimum Gasteiger partial charge on any atom is -0.455 e. The number of benzene rings is 7. The highest BCUT2D eigenvalue weighted by Crippen LogP contribution is 2.40. The lowest BCUT2D eigenvalue weighted by Gasteiger charge is -2.10. The van der Waals surface area contributed by atoms with Crippen molar-refractivity contribution in [1.82, 2.24) is 15.0 Å². The number of hydrogen-bond donors (Lipinski definition) is 0. The van der Waals surface area contributed by atoms with Gasteiger partial charge in [0.2, 0.25) is 0 Å². The molecule has 4 nitrogen and oxygen atoms in total. The molecule has 0 atom stereocenters. The van der Waals surface area contributed by atoms with E-state index in [1.807, 2.05) is 42.5 Å². The van der Waals surface area contributed by atoms with Crippen LogP contribution in [0.2, 0.25) is 0 Å². The molecule has 9 aromatic rings. The summed E-state index contributed by atoms with van der Waals surface area (Å²) in [6.07, 6.45) is 0. The molecule has 0 fully saturated rings. The van der Waals surface area contributed by atoms with E-state index in [1.54, 1.807) is 0 Å². The van der Waals surface area contributed by atoms with Crippen molar-refractivity contribution < 1.29 is 4.42 Å². The van der Waals surface area contributed by atoms with E-state index in [0.717, 1.165) is 66.4 Å². The van der Waals surface area contributed by atoms with Crippen LogP contribution in [0.1, 0.15) is 0 Å². The van der Waals surface area contributed by atoms with Crippen molar-refractivity contribution in [1.29, 1.82) is 0 Å². The van der Waals surface area contributed by atoms with E-state index in [4.69, 9.17) is 19.4 Å². The van der Waals surface area contributed by atoms with E-state index in [2.05, 4.69) is 133 Å². The van der Waals surface area contributed by atoms with E-state index in [1.165, 1.54) is 5.56 Å². The highest BCUT2D eigenvalue weighted by Gasteiger charge is 2.17. The molecule has 7 aromatic carbocycles. The maximum absolute atomic E-state index is 6.72. The molecule has 0 bridgehead atoms. The highest BCUT2D eigenvalue weighted by atomic mass is 16.3. The zero-order chi connectivity index (χ0) is 32.6. The van der Waals surface area contributed by atoms with E-state index < -0.39 is 0 Å². The van der Waals surface area contributed by atoms with E-state index in [9.17, 15) is 0 Å². The molecular weight excluding hydrogens is 599 g/mol. The lowest BCUT2D eigenvalue weighted by atomic mass is 9.99. The van der Waals surface area contributed by atoms with Gasteiger partial charge in [0.1, 0.15) is 11.2 Å². The van der Waals surface area contributed by atoms with Gasteiger partial charge in [-0.15, -0.1) is 0 Å². The fourth-order valence-electron chi connectivity index (χ4n) is 6.51. The van der Waals surface area contributed by atoms with Crippen LogP contribution in [0.5, 0.6) is 0 Å². The zero-order valence-electron chi connectivity index (χ0n) is 26.5. The molecule has 0 aliphatic carbocycles. The lowest BCUT2D eigenvalue weighted by molar-refractivity contribution is 0.671. The summed E-state index contributed by atoms with van der Waals surface area (Å²) in [7, 11) is 0. The van der Waals surface area contributed by atoms with Gasteiger partial charge in [0.25, 0.3) is 0 Å². The monoisotopic (exact) mass is 627 g/mol. The van der Waals surface area contributed by atoms with E-state index in [0.29, 0.717) is 17.5 Å². The van der Waals surface area contributed by atoms with Crippen LogP contribution in [0, 0.1) is 0 Å². The Morgan fingerprint density at radius 1 is 0.286 bits per heavy atom. The summed E-state index contributed by atoms with van der Waals surface area (Å²) < 4.78 is 6.72. The summed E-state index contributed by atoms with van der Waals surface area (Å²) in [6.45, 7) is 0. The van der Waals surface area contributed by atoms with Gasteiger partial charge in [-0.05, 0) is 28.3 Å². The summed E-state index contributed by atoms with van der Waals surface area (Å²) >= 11 is 0. The van der Waals surface area contributed by atoms with Crippen molar-refractivity contribution in [3.05, 3.63) is 176 Å². The lowest BCUT2D eigenvalue weighted by Crippen LogP contribution is -2.00. The van der Waals surface area contributed by atoms with Crippen molar-refractivity contribution >= 4 is 21.9 Å². The Labute approximate surface area is 284 Å². The van der Waals surface area contributed by atoms with Crippen molar-refractivity contribution in [2.45, 2.75) is 0 Å². The molecule has 0 saturated carbocycles. The third kappa shape index (κ3) is 5.35. The molecule has 0 N–H and O–H groups in total. The minimum absolute atomic E-state index is 0.612. The fraction of sp³-hybridized carbons (Fsp3) is 0. The molecule has 49 heavy (non-hydrogen) atoms. The molecule has 2 aromatic heterocycles. The standard InChI is InChI=1S/C45H29N3O/c1-4-13-30(14-5-1)31-25-27-34(28-26-31)44-46-43(33-17-8-3-9-18-33)47-45(48-44)36-20-10-19-35(29-36)38-22-12-24-40-39-23-11-21-37(41(39)49-42(38)40)32-15-6-2-7-16-32/h1-29H. The van der Waals surface area contributed by atoms with Gasteiger partial charge >= 0.3 is 0 Å². The van der Waals surface area contributed by atoms with Crippen molar-refractivity contribution in [3.8, 4) is 67.5 Å². The second kappa shape index (κ2) is 12.2. The maximum atomic E-state index is 6.72. The Balaban J connectivity index is 1.16. The Bertz CT molecular complexity index is 2580. The zero-order valence-corrected chi connectivity index (χ0v) is 26.5. The number of nitrogens with zero attached hydrogens (tertiary/aromatic N) is 3. The second-order valence-corrected chi connectivity index (χ2v) is 12.0. The summed E-state index contributed by atoms with van der Waals surface area (Å²) in [5.74, 6) is 1.87. The third-order valence-corrected chi connectivity index (χ3v) is 8.96. The van der Waals surface area contributed by atoms with Crippen LogP contribution >= 0.6 is 0 Å². The van der Waals surface area contributed by atoms with Gasteiger partial charge in [-0.1, -0.05) is 170 Å². The number of para-hydroxylation sites is 2. The van der Waals surface area contributed by atoms with Crippen LogP contribution in [-0.2, 0) is 0 Å². The predicted molar refractivity (Wildman–Crippen MR) is 200 cm³/mol. The number of aromatic nitrogens is 3. The molecule has 0 aliphatic heterocycles. The first-order valence-electron chi connectivity index (χ1n) is 16.4. The highest BCUT2D eigenvalue weighted by molar-refractivity contribution is 6.13. The number of hydrogen-bond acceptors (Lipinski definition) is 4. The number of fused-ring (bicyclic) bond motifs is 3. The topological polar surface area (TPSA) is 51.8 Å². The Kier molecular flexibility index (Phi) is 7.10. The Hall–Kier alpha value is -6.65. The van der Waals surface area contributed by atoms with Crippen LogP contribution in [0.4, 0.5) is 0 Å². The molecule has 0 saturated heterocycles. The van der Waals surface area contributed by atoms with Crippen LogP contribution in [-0.4, -0.2) is 15.0 Å². The normalized spacial score (nSPS) is 11.3. The third-order valence-electron chi connectivity index (χ3n) is 8.96. The van der Waals surface area contributed by atoms with Gasteiger partial charge in [-0.2, -0.15) is 0 Å². The molecule has 0 aliphatic rings. The fourth-order valence-corrected chi connectivity index (χ4v) is 6.51. The average molecular weight is 628 g/mol. The van der Waals surface area contributed by atoms with Crippen LogP contribution < -0.4 is 0 Å². The quantitative estimate of drug-likeness (QED) is 0.184. The Morgan fingerprint density at radius 2 is 0.673 bits per heavy atom. The molecule has 0 amide bonds. The smallest absolute Gasteiger partial charge is 0.164 e. The molecule has 2 heterocycles. The summed E-state index contributed by atoms with van der Waals surface area (Å²) in [5, 5.41) is 2.19. The molecule has 0 unspecified atom stereocenters. The molecule has 230 valence electrons. The van der Waals surface area contributed by atoms with Gasteiger partial charge in [0.15, 0.2) is 17.5 Å². The van der Waals surface area contributed by atoms with Gasteiger partial charge in [-0.25, -0.2) is 15.0 Å². The summed E-state index contributed by atoms with van der Waals surface area (Å²) in [5.41, 5.74) is 11.1. The van der Waals surface area contributed by atoms with E-state index >= 15 is 0 Å². The molecule has 0 radical (unpaired) electrons. The average Bonchev–Trinajstić information content (AvgIpc) is 3.58. The number of rotatable bonds is 6. The van der Waals surface area contributed by atoms with Gasteiger partial charge in [0.05, 0.1) is 0 Å². The molecular formula is C45H29N3O. The first-order valence-corrected chi connectivity index (χ1v) is 16.4. The molecule has 4 heteroatoms. The first kappa shape index (κ1) is 28.6. The van der Waals surface area contributed by atoms with Crippen LogP contribution in [0.15, 0.2) is 180 Å². The van der Waals surface area contributed by atoms with Crippen molar-refractivity contribution in [2.75, 3.05) is 0 Å². The van der Waals surface area contributed by atoms with Gasteiger partial charge in [-0.3, -0.25) is 0 Å². The van der Waals surface area contributed by atoms with Gasteiger partial charge < -0.3 is 4.42 Å². The second-order valence-electron chi connectivity index (χ2n) is 12.0. The predicted octanol–water partition coefficient (Wildman–Crippen LogP) is 11.8. The first-order chi connectivity index (χ1) is 24.3. The number of furan rings is 1. The summed E-state index contributed by atoms with van der Waals surface area (Å²) in [4.78, 5) is 15.0. The SMILES string of the molecule is c1ccc(-c2ccc(-c3nc(-c4ccccc4)nc(-c4cccc(-c5cccc6c5oc5c(-c7ccccc7)cccc56)c4)n3)cc2)cc1. The minimum atomic E-state index is 0.612. The van der Waals surface area contributed by atoms with Crippen LogP contribution in [0.25, 0.3) is 89.5 Å². The van der Waals surface area contributed by atoms with Crippen molar-refractivity contribution in [3.63, 3.8) is 0 Å². The van der Waals surface area contributed by atoms with Gasteiger partial charge in [0, 0.05) is 38.6 Å². The maximum Gasteiger partial charge on any atom is 0.164 e. The Morgan fingerprint density at radius 3 is 1.27 bits per heavy atom. The van der Waals surface area contributed by atoms with Crippen LogP contribution in [0.3, 0.4) is 0 Å². The van der Waals surface area contributed by atoms with Crippen molar-refractivity contribution in [2.24, 2.45) is 0 Å². The largest absolute Gasteiger partial charge is 0.455 e. The summed E-state index contributed by atoms with van der Waals surface area (Å²) in [6, 6.07) is 60.3. The molecule has 0 spiro atoms.